The van der Waals surface area contributed by atoms with E-state index in [1.807, 2.05) is 6.92 Å². The molecule has 0 aromatic heterocycles. The van der Waals surface area contributed by atoms with Crippen molar-refractivity contribution < 1.29 is 9.53 Å². The molecule has 0 aliphatic carbocycles. The fraction of sp³-hybridized carbons (Fsp3) is 0.688. The fourth-order valence-corrected chi connectivity index (χ4v) is 2.13. The van der Waals surface area contributed by atoms with Crippen LogP contribution < -0.4 is 5.32 Å². The van der Waals surface area contributed by atoms with Crippen molar-refractivity contribution in [1.29, 1.82) is 0 Å². The summed E-state index contributed by atoms with van der Waals surface area (Å²) in [6, 6.07) is 0. The lowest BCUT2D eigenvalue weighted by Gasteiger charge is -2.21. The molecule has 1 fully saturated rings. The maximum absolute atomic E-state index is 11.8. The average Bonchev–Trinajstić information content (AvgIpc) is 2.37. The van der Waals surface area contributed by atoms with Crippen molar-refractivity contribution in [2.75, 3.05) is 19.8 Å². The van der Waals surface area contributed by atoms with Crippen molar-refractivity contribution in [2.45, 2.75) is 46.5 Å². The zero-order valence-electron chi connectivity index (χ0n) is 12.5. The molecule has 1 saturated heterocycles. The second-order valence-electron chi connectivity index (χ2n) is 5.61. The first kappa shape index (κ1) is 16.0. The number of hydrogen-bond donors (Lipinski definition) is 1. The Hall–Kier alpha value is -1.09. The van der Waals surface area contributed by atoms with Crippen LogP contribution in [0.25, 0.3) is 0 Å². The lowest BCUT2D eigenvalue weighted by molar-refractivity contribution is -0.116. The number of rotatable bonds is 6. The van der Waals surface area contributed by atoms with Crippen molar-refractivity contribution in [3.05, 3.63) is 23.3 Å². The van der Waals surface area contributed by atoms with Gasteiger partial charge in [-0.2, -0.15) is 0 Å². The normalized spacial score (nSPS) is 17.1. The molecule has 0 aromatic carbocycles. The highest BCUT2D eigenvalue weighted by atomic mass is 16.5. The first-order chi connectivity index (χ1) is 9.08. The van der Waals surface area contributed by atoms with E-state index in [-0.39, 0.29) is 5.91 Å². The zero-order valence-corrected chi connectivity index (χ0v) is 12.5. The second kappa shape index (κ2) is 8.92. The van der Waals surface area contributed by atoms with Gasteiger partial charge in [-0.3, -0.25) is 4.79 Å². The van der Waals surface area contributed by atoms with Crippen molar-refractivity contribution in [2.24, 2.45) is 5.92 Å². The maximum Gasteiger partial charge on any atom is 0.243 e. The van der Waals surface area contributed by atoms with Gasteiger partial charge in [0.15, 0.2) is 0 Å². The van der Waals surface area contributed by atoms with Crippen LogP contribution in [0.15, 0.2) is 23.3 Å². The van der Waals surface area contributed by atoms with E-state index >= 15 is 0 Å². The van der Waals surface area contributed by atoms with Crippen molar-refractivity contribution in [3.63, 3.8) is 0 Å². The summed E-state index contributed by atoms with van der Waals surface area (Å²) in [4.78, 5) is 11.8. The van der Waals surface area contributed by atoms with Gasteiger partial charge in [-0.25, -0.2) is 0 Å². The summed E-state index contributed by atoms with van der Waals surface area (Å²) in [6.45, 7) is 8.66. The number of allylic oxidation sites excluding steroid dienone is 3. The Kier molecular flexibility index (Phi) is 7.49. The Morgan fingerprint density at radius 3 is 2.58 bits per heavy atom. The molecule has 3 nitrogen and oxygen atoms in total. The Morgan fingerprint density at radius 1 is 1.26 bits per heavy atom. The van der Waals surface area contributed by atoms with Gasteiger partial charge in [0.25, 0.3) is 0 Å². The predicted octanol–water partition coefficient (Wildman–Crippen LogP) is 3.22. The van der Waals surface area contributed by atoms with Gasteiger partial charge in [0.1, 0.15) is 0 Å². The minimum Gasteiger partial charge on any atom is -0.381 e. The minimum atomic E-state index is 0.0428. The standard InChI is InChI=1S/C16H27NO2/c1-13(2)5-4-6-14(3)11-16(18)17-12-15-7-9-19-10-8-15/h5,11,15H,4,6-10,12H2,1-3H3,(H,17,18)/b14-11-. The number of nitrogens with one attached hydrogen (secondary N) is 1. The highest BCUT2D eigenvalue weighted by molar-refractivity contribution is 5.88. The topological polar surface area (TPSA) is 38.3 Å². The van der Waals surface area contributed by atoms with E-state index in [1.165, 1.54) is 5.57 Å². The van der Waals surface area contributed by atoms with Gasteiger partial charge < -0.3 is 10.1 Å². The molecule has 0 unspecified atom stereocenters. The maximum atomic E-state index is 11.8. The van der Waals surface area contributed by atoms with E-state index in [0.717, 1.165) is 51.0 Å². The Morgan fingerprint density at radius 2 is 1.95 bits per heavy atom. The SMILES string of the molecule is CC(C)=CCC/C(C)=C\C(=O)NCC1CCOCC1. The number of carbonyl (C=O) groups excluding carboxylic acids is 1. The molecule has 108 valence electrons. The molecule has 1 aliphatic heterocycles. The van der Waals surface area contributed by atoms with Gasteiger partial charge in [0.05, 0.1) is 0 Å². The van der Waals surface area contributed by atoms with Crippen LogP contribution in [0.5, 0.6) is 0 Å². The molecule has 0 radical (unpaired) electrons. The van der Waals surface area contributed by atoms with Crippen molar-refractivity contribution in [3.8, 4) is 0 Å². The molecule has 0 aromatic rings. The molecule has 0 saturated carbocycles. The van der Waals surface area contributed by atoms with E-state index in [0.29, 0.717) is 5.92 Å². The molecule has 0 spiro atoms. The smallest absolute Gasteiger partial charge is 0.243 e. The van der Waals surface area contributed by atoms with Crippen molar-refractivity contribution in [1.82, 2.24) is 5.32 Å². The van der Waals surface area contributed by atoms with Gasteiger partial charge in [-0.05, 0) is 52.4 Å². The summed E-state index contributed by atoms with van der Waals surface area (Å²) < 4.78 is 5.30. The van der Waals surface area contributed by atoms with Crippen LogP contribution >= 0.6 is 0 Å². The molecule has 1 amide bonds. The number of hydrogen-bond acceptors (Lipinski definition) is 2. The molecule has 1 aliphatic rings. The molecular formula is C16H27NO2. The Bertz CT molecular complexity index is 335. The lowest BCUT2D eigenvalue weighted by Crippen LogP contribution is -2.31. The van der Waals surface area contributed by atoms with E-state index in [1.54, 1.807) is 6.08 Å². The molecule has 1 heterocycles. The second-order valence-corrected chi connectivity index (χ2v) is 5.61. The zero-order chi connectivity index (χ0) is 14.1. The summed E-state index contributed by atoms with van der Waals surface area (Å²) in [6.07, 6.45) is 8.02. The van der Waals surface area contributed by atoms with Gasteiger partial charge >= 0.3 is 0 Å². The number of carbonyl (C=O) groups is 1. The first-order valence-electron chi connectivity index (χ1n) is 7.24. The van der Waals surface area contributed by atoms with Crippen LogP contribution in [0.1, 0.15) is 46.5 Å². The fourth-order valence-electron chi connectivity index (χ4n) is 2.13. The van der Waals surface area contributed by atoms with Crippen LogP contribution in [0, 0.1) is 5.92 Å². The Balaban J connectivity index is 2.22. The highest BCUT2D eigenvalue weighted by Crippen LogP contribution is 2.13. The largest absolute Gasteiger partial charge is 0.381 e. The van der Waals surface area contributed by atoms with Crippen LogP contribution in [0.2, 0.25) is 0 Å². The summed E-state index contributed by atoms with van der Waals surface area (Å²) in [5.41, 5.74) is 2.47. The third-order valence-corrected chi connectivity index (χ3v) is 3.37. The molecule has 0 atom stereocenters. The summed E-state index contributed by atoms with van der Waals surface area (Å²) in [5, 5.41) is 3.00. The first-order valence-corrected chi connectivity index (χ1v) is 7.24. The number of amides is 1. The summed E-state index contributed by atoms with van der Waals surface area (Å²) in [5.74, 6) is 0.623. The Labute approximate surface area is 117 Å². The van der Waals surface area contributed by atoms with E-state index in [4.69, 9.17) is 4.74 Å². The lowest BCUT2D eigenvalue weighted by atomic mass is 10.0. The molecule has 1 rings (SSSR count). The van der Waals surface area contributed by atoms with Gasteiger partial charge in [-0.1, -0.05) is 17.2 Å². The number of ether oxygens (including phenoxy) is 1. The monoisotopic (exact) mass is 265 g/mol. The summed E-state index contributed by atoms with van der Waals surface area (Å²) in [7, 11) is 0. The van der Waals surface area contributed by atoms with Crippen molar-refractivity contribution >= 4 is 5.91 Å². The molecule has 19 heavy (non-hydrogen) atoms. The van der Waals surface area contributed by atoms with Crippen LogP contribution in [0.3, 0.4) is 0 Å². The molecular weight excluding hydrogens is 238 g/mol. The van der Waals surface area contributed by atoms with E-state index in [2.05, 4.69) is 25.2 Å². The van der Waals surface area contributed by atoms with Gasteiger partial charge in [0, 0.05) is 25.8 Å². The van der Waals surface area contributed by atoms with Crippen LogP contribution in [0.4, 0.5) is 0 Å². The third-order valence-electron chi connectivity index (χ3n) is 3.37. The average molecular weight is 265 g/mol. The van der Waals surface area contributed by atoms with E-state index in [9.17, 15) is 4.79 Å². The third kappa shape index (κ3) is 7.83. The van der Waals surface area contributed by atoms with Gasteiger partial charge in [-0.15, -0.1) is 0 Å². The van der Waals surface area contributed by atoms with Crippen LogP contribution in [-0.2, 0) is 9.53 Å². The minimum absolute atomic E-state index is 0.0428. The predicted molar refractivity (Wildman–Crippen MR) is 79.0 cm³/mol. The van der Waals surface area contributed by atoms with Crippen LogP contribution in [-0.4, -0.2) is 25.7 Å². The quantitative estimate of drug-likeness (QED) is 0.591. The van der Waals surface area contributed by atoms with E-state index < -0.39 is 0 Å². The molecule has 3 heteroatoms. The summed E-state index contributed by atoms with van der Waals surface area (Å²) >= 11 is 0. The van der Waals surface area contributed by atoms with Gasteiger partial charge in [0.2, 0.25) is 5.91 Å². The molecule has 1 N–H and O–H groups in total. The molecule has 0 bridgehead atoms. The highest BCUT2D eigenvalue weighted by Gasteiger charge is 2.13.